The average Bonchev–Trinajstić information content (AvgIpc) is 4.09. The number of nitrogens with one attached hydrogen (secondary N) is 4. The Morgan fingerprint density at radius 1 is 0.373 bits per heavy atom. The highest BCUT2D eigenvalue weighted by Gasteiger charge is 2.44. The number of hydrogen-bond acceptors (Lipinski definition) is 1. The molecule has 6 heterocycles. The minimum absolute atomic E-state index is 0.115. The molecule has 290 valence electrons. The standard InChI is InChI=1S/C43H18BrF10N4O/c44-18-6-2-4-16-15-3-1-5-17(42(15)59-43(16)18)27-21-11-13-25(57-21)28(30-32(45)36(49)40(53)37(50)33(30)46)23-9-7-19(55-23)20-8-10-24(56-20)29(26-14-12-22(27)58-26)31-34(47)38(51)41(54)39(52)35(31)48/h1-14,55-58H/q+3. The normalized spacial score (nSPS) is 12.9. The van der Waals surface area contributed by atoms with Crippen LogP contribution in [-0.2, 0) is 0 Å². The summed E-state index contributed by atoms with van der Waals surface area (Å²) in [7, 11) is 0. The average molecular weight is 877 g/mol. The van der Waals surface area contributed by atoms with Crippen LogP contribution in [0.15, 0.2) is 93.8 Å². The van der Waals surface area contributed by atoms with Gasteiger partial charge in [-0.25, -0.2) is 0 Å². The van der Waals surface area contributed by atoms with Crippen LogP contribution in [0, 0.1) is 75.9 Å². The Morgan fingerprint density at radius 3 is 1.19 bits per heavy atom. The molecule has 0 amide bonds. The van der Waals surface area contributed by atoms with Gasteiger partial charge in [-0.05, 0) is 52.3 Å². The van der Waals surface area contributed by atoms with E-state index in [2.05, 4.69) is 35.9 Å². The summed E-state index contributed by atoms with van der Waals surface area (Å²) in [4.78, 5) is 11.9. The fourth-order valence-corrected chi connectivity index (χ4v) is 8.11. The molecule has 8 bridgehead atoms. The Hall–Kier alpha value is -6.81. The Kier molecular flexibility index (Phi) is 8.11. The number of hydrogen-bond donors (Lipinski definition) is 4. The molecule has 4 aromatic carbocycles. The van der Waals surface area contributed by atoms with Crippen molar-refractivity contribution in [3.63, 3.8) is 0 Å². The van der Waals surface area contributed by atoms with Gasteiger partial charge in [0.15, 0.2) is 16.7 Å². The van der Waals surface area contributed by atoms with Crippen molar-refractivity contribution in [2.75, 3.05) is 0 Å². The summed E-state index contributed by atoms with van der Waals surface area (Å²) in [6.45, 7) is 0. The van der Waals surface area contributed by atoms with Crippen LogP contribution < -0.4 is 0 Å². The van der Waals surface area contributed by atoms with E-state index < -0.39 is 81.1 Å². The van der Waals surface area contributed by atoms with Gasteiger partial charge in [0.25, 0.3) is 0 Å². The fraction of sp³-hybridized carbons (Fsp3) is 0. The van der Waals surface area contributed by atoms with Gasteiger partial charge in [0.1, 0.15) is 57.5 Å². The third kappa shape index (κ3) is 5.28. The molecule has 0 atom stereocenters. The SMILES string of the molecule is Fc1c(F)c(F)c([C+]2c3ccc([nH]3)-c3ccc([nH]3)[C+](c3c(F)c(F)c(F)c(F)c3F)c3ccc([nH]3)[C+](c3cccc4c3oc3c(Br)cccc34)c3ccc2[nH]3)c(F)c1F. The molecule has 4 N–H and O–H groups in total. The third-order valence-electron chi connectivity index (χ3n) is 10.3. The quantitative estimate of drug-likeness (QED) is 0.0607. The van der Waals surface area contributed by atoms with Gasteiger partial charge in [-0.3, -0.25) is 0 Å². The highest BCUT2D eigenvalue weighted by Crippen LogP contribution is 2.44. The number of furan rings is 1. The molecule has 0 unspecified atom stereocenters. The number of aromatic amines is 4. The second-order valence-electron chi connectivity index (χ2n) is 13.6. The van der Waals surface area contributed by atoms with Crippen LogP contribution in [0.4, 0.5) is 43.9 Å². The van der Waals surface area contributed by atoms with Gasteiger partial charge in [-0.15, -0.1) is 0 Å². The Balaban J connectivity index is 1.29. The number of H-pyrrole nitrogens is 4. The smallest absolute Gasteiger partial charge is 0.239 e. The van der Waals surface area contributed by atoms with Gasteiger partial charge >= 0.3 is 0 Å². The Morgan fingerprint density at radius 2 is 0.729 bits per heavy atom. The van der Waals surface area contributed by atoms with Crippen molar-refractivity contribution in [2.45, 2.75) is 0 Å². The molecule has 5 aromatic heterocycles. The maximum Gasteiger partial charge on any atom is 0.239 e. The van der Waals surface area contributed by atoms with Crippen molar-refractivity contribution in [1.29, 1.82) is 0 Å². The lowest BCUT2D eigenvalue weighted by Gasteiger charge is -2.13. The summed E-state index contributed by atoms with van der Waals surface area (Å²) in [6, 6.07) is 21.6. The number of para-hydroxylation sites is 2. The van der Waals surface area contributed by atoms with Crippen LogP contribution in [0.5, 0.6) is 0 Å². The lowest BCUT2D eigenvalue weighted by atomic mass is 9.91. The highest BCUT2D eigenvalue weighted by molar-refractivity contribution is 9.10. The number of benzene rings is 4. The van der Waals surface area contributed by atoms with Crippen LogP contribution in [0.25, 0.3) is 33.3 Å². The predicted octanol–water partition coefficient (Wildman–Crippen LogP) is 12.1. The number of rotatable bonds is 3. The molecular formula is C43H18BrF10N4O+3. The number of halogens is 11. The summed E-state index contributed by atoms with van der Waals surface area (Å²) < 4.78 is 158. The lowest BCUT2D eigenvalue weighted by Crippen LogP contribution is -2.16. The number of fused-ring (bicyclic) bond motifs is 12. The summed E-state index contributed by atoms with van der Waals surface area (Å²) in [5.74, 6) is -22.6. The molecule has 0 saturated heterocycles. The first-order valence-corrected chi connectivity index (χ1v) is 18.2. The van der Waals surface area contributed by atoms with Crippen LogP contribution in [0.1, 0.15) is 50.9 Å². The maximum atomic E-state index is 15.7. The van der Waals surface area contributed by atoms with Gasteiger partial charge in [0.2, 0.25) is 63.8 Å². The van der Waals surface area contributed by atoms with Crippen molar-refractivity contribution >= 4 is 37.9 Å². The second kappa shape index (κ2) is 13.1. The summed E-state index contributed by atoms with van der Waals surface area (Å²) in [6.07, 6.45) is 0. The first-order chi connectivity index (χ1) is 28.3. The van der Waals surface area contributed by atoms with Crippen LogP contribution in [-0.4, -0.2) is 19.9 Å². The van der Waals surface area contributed by atoms with Crippen molar-refractivity contribution in [1.82, 2.24) is 19.9 Å². The molecule has 10 rings (SSSR count). The first kappa shape index (κ1) is 36.5. The van der Waals surface area contributed by atoms with E-state index in [1.54, 1.807) is 30.3 Å². The van der Waals surface area contributed by atoms with E-state index >= 15 is 17.6 Å². The van der Waals surface area contributed by atoms with Gasteiger partial charge in [-0.2, -0.15) is 43.9 Å². The van der Waals surface area contributed by atoms with Crippen LogP contribution >= 0.6 is 15.9 Å². The third-order valence-corrected chi connectivity index (χ3v) is 10.9. The first-order valence-electron chi connectivity index (χ1n) is 17.4. The molecule has 5 nitrogen and oxygen atoms in total. The largest absolute Gasteiger partial charge is 0.419 e. The van der Waals surface area contributed by atoms with E-state index in [9.17, 15) is 26.3 Å². The van der Waals surface area contributed by atoms with E-state index in [4.69, 9.17) is 4.42 Å². The van der Waals surface area contributed by atoms with Crippen molar-refractivity contribution in [2.24, 2.45) is 0 Å². The van der Waals surface area contributed by atoms with E-state index in [-0.39, 0.29) is 51.5 Å². The van der Waals surface area contributed by atoms with E-state index in [0.717, 1.165) is 0 Å². The maximum absolute atomic E-state index is 15.7. The highest BCUT2D eigenvalue weighted by atomic mass is 79.9. The molecule has 0 aliphatic carbocycles. The minimum Gasteiger partial charge on any atom is -0.419 e. The molecule has 9 aromatic rings. The van der Waals surface area contributed by atoms with E-state index in [1.807, 2.05) is 6.07 Å². The lowest BCUT2D eigenvalue weighted by molar-refractivity contribution is 0.373. The zero-order valence-electron chi connectivity index (χ0n) is 29.1. The number of aromatic nitrogens is 4. The zero-order valence-corrected chi connectivity index (χ0v) is 30.7. The van der Waals surface area contributed by atoms with E-state index in [1.165, 1.54) is 48.5 Å². The molecular weight excluding hydrogens is 858 g/mol. The Bertz CT molecular complexity index is 2980. The molecule has 1 aliphatic heterocycles. The Labute approximate surface area is 332 Å². The van der Waals surface area contributed by atoms with Crippen molar-refractivity contribution in [3.05, 3.63) is 216 Å². The molecule has 59 heavy (non-hydrogen) atoms. The molecule has 0 fully saturated rings. The van der Waals surface area contributed by atoms with E-state index in [0.29, 0.717) is 32.0 Å². The molecule has 0 radical (unpaired) electrons. The predicted molar refractivity (Wildman–Crippen MR) is 198 cm³/mol. The van der Waals surface area contributed by atoms with Crippen molar-refractivity contribution < 1.29 is 48.3 Å². The summed E-state index contributed by atoms with van der Waals surface area (Å²) in [5.41, 5.74) is -1.25. The van der Waals surface area contributed by atoms with Gasteiger partial charge in [0.05, 0.1) is 45.5 Å². The van der Waals surface area contributed by atoms with Gasteiger partial charge < -0.3 is 24.4 Å². The summed E-state index contributed by atoms with van der Waals surface area (Å²) in [5, 5.41) is 1.35. The van der Waals surface area contributed by atoms with Crippen molar-refractivity contribution in [3.8, 4) is 11.4 Å². The van der Waals surface area contributed by atoms with Crippen LogP contribution in [0.3, 0.4) is 0 Å². The summed E-state index contributed by atoms with van der Waals surface area (Å²) >= 11 is 3.50. The molecule has 16 heteroatoms. The molecule has 0 saturated carbocycles. The van der Waals surface area contributed by atoms with Gasteiger partial charge in [-0.1, -0.05) is 6.07 Å². The topological polar surface area (TPSA) is 76.3 Å². The molecule has 1 aliphatic rings. The second-order valence-corrected chi connectivity index (χ2v) is 14.4. The van der Waals surface area contributed by atoms with Gasteiger partial charge in [0, 0.05) is 23.6 Å². The molecule has 0 spiro atoms. The zero-order chi connectivity index (χ0) is 41.2. The fourth-order valence-electron chi connectivity index (χ4n) is 7.67. The van der Waals surface area contributed by atoms with Crippen LogP contribution in [0.2, 0.25) is 0 Å². The minimum atomic E-state index is -2.36. The monoisotopic (exact) mass is 875 g/mol.